The summed E-state index contributed by atoms with van der Waals surface area (Å²) in [7, 11) is 0. The number of hydrogen-bond donors (Lipinski definition) is 2. The first-order chi connectivity index (χ1) is 10.1. The van der Waals surface area contributed by atoms with Crippen molar-refractivity contribution in [1.82, 2.24) is 10.1 Å². The standard InChI is InChI=1S/C13H17N5O3/c1-3-6-14-12-5-4-11(18(19)20)13(16-12)15-8-10-7-9(2)17-21-10/h4-5,7H,3,6,8H2,1-2H3,(H2,14,15,16). The molecule has 0 aliphatic rings. The fourth-order valence-electron chi connectivity index (χ4n) is 1.75. The number of pyridine rings is 1. The molecule has 0 aliphatic heterocycles. The van der Waals surface area contributed by atoms with Gasteiger partial charge in [0.25, 0.3) is 0 Å². The van der Waals surface area contributed by atoms with Crippen LogP contribution in [0.5, 0.6) is 0 Å². The van der Waals surface area contributed by atoms with E-state index >= 15 is 0 Å². The van der Waals surface area contributed by atoms with Crippen LogP contribution in [0.25, 0.3) is 0 Å². The van der Waals surface area contributed by atoms with Gasteiger partial charge >= 0.3 is 5.69 Å². The molecule has 2 N–H and O–H groups in total. The summed E-state index contributed by atoms with van der Waals surface area (Å²) in [4.78, 5) is 14.8. The average Bonchev–Trinajstić information content (AvgIpc) is 2.88. The molecule has 0 amide bonds. The maximum atomic E-state index is 11.0. The van der Waals surface area contributed by atoms with Crippen molar-refractivity contribution in [3.05, 3.63) is 39.8 Å². The van der Waals surface area contributed by atoms with Crippen LogP contribution in [0, 0.1) is 17.0 Å². The topological polar surface area (TPSA) is 106 Å². The first-order valence-corrected chi connectivity index (χ1v) is 6.65. The van der Waals surface area contributed by atoms with Crippen molar-refractivity contribution in [3.63, 3.8) is 0 Å². The molecule has 8 heteroatoms. The summed E-state index contributed by atoms with van der Waals surface area (Å²) < 4.78 is 5.06. The number of rotatable bonds is 7. The molecular formula is C13H17N5O3. The van der Waals surface area contributed by atoms with Crippen LogP contribution in [-0.2, 0) is 6.54 Å². The fourth-order valence-corrected chi connectivity index (χ4v) is 1.75. The monoisotopic (exact) mass is 291 g/mol. The van der Waals surface area contributed by atoms with E-state index in [4.69, 9.17) is 4.52 Å². The molecular weight excluding hydrogens is 274 g/mol. The summed E-state index contributed by atoms with van der Waals surface area (Å²) in [6, 6.07) is 4.79. The molecule has 0 aromatic carbocycles. The first-order valence-electron chi connectivity index (χ1n) is 6.65. The minimum Gasteiger partial charge on any atom is -0.370 e. The van der Waals surface area contributed by atoms with Crippen molar-refractivity contribution < 1.29 is 9.45 Å². The second-order valence-electron chi connectivity index (χ2n) is 4.54. The van der Waals surface area contributed by atoms with Gasteiger partial charge in [0.2, 0.25) is 5.82 Å². The average molecular weight is 291 g/mol. The highest BCUT2D eigenvalue weighted by Gasteiger charge is 2.16. The Kier molecular flexibility index (Phi) is 4.70. The lowest BCUT2D eigenvalue weighted by Gasteiger charge is -2.08. The molecule has 0 unspecified atom stereocenters. The van der Waals surface area contributed by atoms with Gasteiger partial charge in [-0.2, -0.15) is 0 Å². The van der Waals surface area contributed by atoms with Gasteiger partial charge in [-0.15, -0.1) is 0 Å². The Hall–Kier alpha value is -2.64. The molecule has 2 aromatic rings. The van der Waals surface area contributed by atoms with Gasteiger partial charge in [0.15, 0.2) is 5.76 Å². The van der Waals surface area contributed by atoms with Gasteiger partial charge < -0.3 is 15.2 Å². The highest BCUT2D eigenvalue weighted by atomic mass is 16.6. The maximum Gasteiger partial charge on any atom is 0.311 e. The van der Waals surface area contributed by atoms with E-state index in [1.807, 2.05) is 13.8 Å². The van der Waals surface area contributed by atoms with Crippen LogP contribution < -0.4 is 10.6 Å². The summed E-state index contributed by atoms with van der Waals surface area (Å²) in [6.07, 6.45) is 0.943. The molecule has 0 saturated carbocycles. The number of nitrogens with one attached hydrogen (secondary N) is 2. The van der Waals surface area contributed by atoms with Gasteiger partial charge in [0.1, 0.15) is 5.82 Å². The maximum absolute atomic E-state index is 11.0. The Morgan fingerprint density at radius 1 is 1.38 bits per heavy atom. The summed E-state index contributed by atoms with van der Waals surface area (Å²) >= 11 is 0. The minimum atomic E-state index is -0.468. The predicted molar refractivity (Wildman–Crippen MR) is 78.2 cm³/mol. The number of nitrogens with zero attached hydrogens (tertiary/aromatic N) is 3. The van der Waals surface area contributed by atoms with Crippen LogP contribution in [0.2, 0.25) is 0 Å². The van der Waals surface area contributed by atoms with Crippen molar-refractivity contribution in [2.24, 2.45) is 0 Å². The molecule has 21 heavy (non-hydrogen) atoms. The molecule has 2 aromatic heterocycles. The van der Waals surface area contributed by atoms with E-state index in [2.05, 4.69) is 20.8 Å². The molecule has 0 spiro atoms. The molecule has 112 valence electrons. The Labute approximate surface area is 121 Å². The normalized spacial score (nSPS) is 10.4. The van der Waals surface area contributed by atoms with E-state index in [0.717, 1.165) is 18.7 Å². The van der Waals surface area contributed by atoms with Crippen molar-refractivity contribution in [2.45, 2.75) is 26.8 Å². The molecule has 0 saturated heterocycles. The summed E-state index contributed by atoms with van der Waals surface area (Å²) in [5.41, 5.74) is 0.681. The van der Waals surface area contributed by atoms with Gasteiger partial charge in [-0.1, -0.05) is 12.1 Å². The van der Waals surface area contributed by atoms with Crippen molar-refractivity contribution in [2.75, 3.05) is 17.2 Å². The van der Waals surface area contributed by atoms with Gasteiger partial charge in [-0.3, -0.25) is 10.1 Å². The van der Waals surface area contributed by atoms with Crippen LogP contribution in [0.4, 0.5) is 17.3 Å². The molecule has 8 nitrogen and oxygen atoms in total. The first kappa shape index (κ1) is 14.8. The smallest absolute Gasteiger partial charge is 0.311 e. The third kappa shape index (κ3) is 3.91. The van der Waals surface area contributed by atoms with Gasteiger partial charge in [-0.05, 0) is 19.4 Å². The largest absolute Gasteiger partial charge is 0.370 e. The zero-order valence-corrected chi connectivity index (χ0v) is 11.9. The van der Waals surface area contributed by atoms with E-state index in [0.29, 0.717) is 11.6 Å². The van der Waals surface area contributed by atoms with E-state index in [9.17, 15) is 10.1 Å². The quantitative estimate of drug-likeness (QED) is 0.596. The van der Waals surface area contributed by atoms with E-state index < -0.39 is 4.92 Å². The van der Waals surface area contributed by atoms with Crippen molar-refractivity contribution in [1.29, 1.82) is 0 Å². The predicted octanol–water partition coefficient (Wildman–Crippen LogP) is 2.72. The number of hydrogen-bond acceptors (Lipinski definition) is 7. The number of aromatic nitrogens is 2. The van der Waals surface area contributed by atoms with Gasteiger partial charge in [0.05, 0.1) is 17.2 Å². The SMILES string of the molecule is CCCNc1ccc([N+](=O)[O-])c(NCc2cc(C)no2)n1. The lowest BCUT2D eigenvalue weighted by atomic mass is 10.3. The van der Waals surface area contributed by atoms with Crippen LogP contribution in [0.1, 0.15) is 24.8 Å². The Morgan fingerprint density at radius 2 is 2.19 bits per heavy atom. The van der Waals surface area contributed by atoms with Crippen LogP contribution in [0.3, 0.4) is 0 Å². The number of anilines is 2. The Balaban J connectivity index is 2.15. The number of aryl methyl sites for hydroxylation is 1. The van der Waals surface area contributed by atoms with Crippen molar-refractivity contribution >= 4 is 17.3 Å². The van der Waals surface area contributed by atoms with Crippen LogP contribution >= 0.6 is 0 Å². The van der Waals surface area contributed by atoms with E-state index in [1.165, 1.54) is 6.07 Å². The minimum absolute atomic E-state index is 0.0757. The summed E-state index contributed by atoms with van der Waals surface area (Å²) in [6.45, 7) is 4.88. The zero-order chi connectivity index (χ0) is 15.2. The molecule has 2 heterocycles. The highest BCUT2D eigenvalue weighted by Crippen LogP contribution is 2.24. The van der Waals surface area contributed by atoms with Crippen LogP contribution in [-0.4, -0.2) is 21.6 Å². The third-order valence-corrected chi connectivity index (χ3v) is 2.73. The summed E-state index contributed by atoms with van der Waals surface area (Å²) in [5, 5.41) is 20.8. The molecule has 0 aliphatic carbocycles. The summed E-state index contributed by atoms with van der Waals surface area (Å²) in [5.74, 6) is 1.39. The van der Waals surface area contributed by atoms with Gasteiger partial charge in [-0.25, -0.2) is 4.98 Å². The van der Waals surface area contributed by atoms with Crippen molar-refractivity contribution in [3.8, 4) is 0 Å². The lowest BCUT2D eigenvalue weighted by molar-refractivity contribution is -0.384. The number of nitro groups is 1. The zero-order valence-electron chi connectivity index (χ0n) is 11.9. The van der Waals surface area contributed by atoms with Gasteiger partial charge in [0, 0.05) is 18.7 Å². The third-order valence-electron chi connectivity index (χ3n) is 2.73. The Morgan fingerprint density at radius 3 is 2.81 bits per heavy atom. The van der Waals surface area contributed by atoms with E-state index in [-0.39, 0.29) is 18.1 Å². The van der Waals surface area contributed by atoms with Crippen LogP contribution in [0.15, 0.2) is 22.7 Å². The highest BCUT2D eigenvalue weighted by molar-refractivity contribution is 5.60. The Bertz CT molecular complexity index is 626. The lowest BCUT2D eigenvalue weighted by Crippen LogP contribution is -2.07. The molecule has 0 radical (unpaired) electrons. The fraction of sp³-hybridized carbons (Fsp3) is 0.385. The second-order valence-corrected chi connectivity index (χ2v) is 4.54. The molecule has 0 fully saturated rings. The molecule has 0 bridgehead atoms. The molecule has 0 atom stereocenters. The van der Waals surface area contributed by atoms with E-state index in [1.54, 1.807) is 12.1 Å². The second kappa shape index (κ2) is 6.69. The molecule has 2 rings (SSSR count).